The number of carbonyl (C=O) groups is 9. The van der Waals surface area contributed by atoms with Gasteiger partial charge in [-0.3, -0.25) is 43.3 Å². The van der Waals surface area contributed by atoms with E-state index in [1.807, 2.05) is 0 Å². The Morgan fingerprint density at radius 2 is 1.28 bits per heavy atom. The van der Waals surface area contributed by atoms with Gasteiger partial charge in [0.15, 0.2) is 5.96 Å². The first-order chi connectivity index (χ1) is 28.2. The fourth-order valence-electron chi connectivity index (χ4n) is 5.92. The van der Waals surface area contributed by atoms with Gasteiger partial charge >= 0.3 is 5.97 Å². The molecule has 0 radical (unpaired) electrons. The fraction of sp³-hybridized carbons (Fsp3) is 0.714. The molecule has 0 aromatic carbocycles. The monoisotopic (exact) mass is 858 g/mol. The first kappa shape index (κ1) is 52.4. The van der Waals surface area contributed by atoms with Crippen molar-refractivity contribution in [1.82, 2.24) is 42.1 Å². The van der Waals surface area contributed by atoms with Crippen molar-refractivity contribution < 1.29 is 63.6 Å². The van der Waals surface area contributed by atoms with Gasteiger partial charge in [-0.2, -0.15) is 0 Å². The summed E-state index contributed by atoms with van der Waals surface area (Å²) in [5, 5.41) is 55.3. The minimum absolute atomic E-state index is 0.0158. The molecule has 17 N–H and O–H groups in total. The number of carboxylic acid groups (broad SMARTS) is 1. The van der Waals surface area contributed by atoms with Gasteiger partial charge in [0, 0.05) is 13.1 Å². The van der Waals surface area contributed by atoms with Crippen LogP contribution in [0.15, 0.2) is 4.99 Å². The van der Waals surface area contributed by atoms with Crippen molar-refractivity contribution in [2.75, 3.05) is 46.0 Å². The van der Waals surface area contributed by atoms with E-state index in [-0.39, 0.29) is 50.7 Å². The minimum atomic E-state index is -1.64. The number of carbonyl (C=O) groups excluding carboxylic acids is 8. The number of nitrogens with two attached hydrogens (primary N) is 3. The summed E-state index contributed by atoms with van der Waals surface area (Å²) in [6.07, 6.45) is 0.581. The number of nitrogens with one attached hydrogen (secondary N) is 7. The maximum absolute atomic E-state index is 13.6. The molecule has 0 aliphatic carbocycles. The SMILES string of the molecule is CC(C)C[C@H](NC(=O)[C@@H](NC(=O)CNC(=O)[C@H](CO)NC(=O)[C@H](CCCN=C(N)N)NC(=O)[C@@H]1CCCN1C(=O)[C@H](CO)NC(=O)[C@H](CO)NC(=O)CN)C(C)C)C(=O)O. The molecule has 1 aliphatic rings. The summed E-state index contributed by atoms with van der Waals surface area (Å²) >= 11 is 0. The predicted octanol–water partition coefficient (Wildman–Crippen LogP) is -7.22. The second-order valence-electron chi connectivity index (χ2n) is 14.7. The Balaban J connectivity index is 3.07. The lowest BCUT2D eigenvalue weighted by Gasteiger charge is -2.30. The van der Waals surface area contributed by atoms with Crippen LogP contribution in [0.4, 0.5) is 0 Å². The number of hydrogen-bond donors (Lipinski definition) is 14. The highest BCUT2D eigenvalue weighted by Gasteiger charge is 2.40. The largest absolute Gasteiger partial charge is 0.480 e. The van der Waals surface area contributed by atoms with Gasteiger partial charge in [-0.05, 0) is 43.9 Å². The first-order valence-corrected chi connectivity index (χ1v) is 19.4. The van der Waals surface area contributed by atoms with Crippen LogP contribution in [0, 0.1) is 11.8 Å². The van der Waals surface area contributed by atoms with Crippen LogP contribution in [0.1, 0.15) is 59.8 Å². The van der Waals surface area contributed by atoms with E-state index >= 15 is 0 Å². The minimum Gasteiger partial charge on any atom is -0.480 e. The normalized spacial score (nSPS) is 16.6. The van der Waals surface area contributed by atoms with Crippen molar-refractivity contribution >= 4 is 59.2 Å². The lowest BCUT2D eigenvalue weighted by atomic mass is 10.0. The summed E-state index contributed by atoms with van der Waals surface area (Å²) in [5.41, 5.74) is 16.0. The van der Waals surface area contributed by atoms with Gasteiger partial charge in [0.1, 0.15) is 42.3 Å². The van der Waals surface area contributed by atoms with E-state index in [0.717, 1.165) is 4.90 Å². The van der Waals surface area contributed by atoms with Crippen LogP contribution in [0.2, 0.25) is 0 Å². The zero-order chi connectivity index (χ0) is 45.7. The molecule has 0 bridgehead atoms. The van der Waals surface area contributed by atoms with Gasteiger partial charge in [0.2, 0.25) is 47.3 Å². The van der Waals surface area contributed by atoms with Gasteiger partial charge in [-0.1, -0.05) is 27.7 Å². The van der Waals surface area contributed by atoms with Crippen LogP contribution in [0.25, 0.3) is 0 Å². The Kier molecular flexibility index (Phi) is 23.1. The summed E-state index contributed by atoms with van der Waals surface area (Å²) < 4.78 is 0. The van der Waals surface area contributed by atoms with E-state index in [2.05, 4.69) is 42.2 Å². The molecule has 25 nitrogen and oxygen atoms in total. The third kappa shape index (κ3) is 17.7. The van der Waals surface area contributed by atoms with E-state index in [4.69, 9.17) is 17.2 Å². The highest BCUT2D eigenvalue weighted by Crippen LogP contribution is 2.19. The molecule has 8 amide bonds. The van der Waals surface area contributed by atoms with Crippen LogP contribution in [0.5, 0.6) is 0 Å². The number of hydrogen-bond acceptors (Lipinski definition) is 14. The number of aliphatic carboxylic acids is 1. The quantitative estimate of drug-likeness (QED) is 0.0218. The van der Waals surface area contributed by atoms with Gasteiger partial charge in [0.25, 0.3) is 0 Å². The molecule has 0 spiro atoms. The number of rotatable bonds is 26. The van der Waals surface area contributed by atoms with E-state index in [0.29, 0.717) is 6.42 Å². The summed E-state index contributed by atoms with van der Waals surface area (Å²) in [6.45, 7) is 2.90. The number of aliphatic hydroxyl groups is 3. The van der Waals surface area contributed by atoms with E-state index in [1.165, 1.54) is 0 Å². The number of aliphatic hydroxyl groups excluding tert-OH is 3. The number of likely N-dealkylation sites (tertiary alicyclic amines) is 1. The molecule has 1 rings (SSSR count). The topological polar surface area (TPSA) is 412 Å². The van der Waals surface area contributed by atoms with Crippen LogP contribution in [-0.2, 0) is 43.2 Å². The van der Waals surface area contributed by atoms with Crippen molar-refractivity contribution in [3.05, 3.63) is 0 Å². The molecule has 0 aromatic heterocycles. The van der Waals surface area contributed by atoms with Gasteiger partial charge in [-0.15, -0.1) is 0 Å². The van der Waals surface area contributed by atoms with Crippen molar-refractivity contribution in [3.63, 3.8) is 0 Å². The molecule has 1 saturated heterocycles. The molecule has 0 aromatic rings. The first-order valence-electron chi connectivity index (χ1n) is 19.4. The standard InChI is InChI=1S/C35H62N12O13/c1-17(2)11-20(34(59)60)43-32(57)27(18(3)4)46-26(52)13-40-28(53)21(14-48)44-29(54)19(7-5-9-39-35(37)38)42-31(56)24-8-6-10-47(24)33(58)23(16-50)45-30(55)22(15-49)41-25(51)12-36/h17-24,27,48-50H,5-16,36H2,1-4H3,(H,40,53)(H,41,51)(H,42,56)(H,43,57)(H,44,54)(H,45,55)(H,46,52)(H,59,60)(H4,37,38,39)/t19-,20-,21-,22-,23-,24-,27-/m0/s1. The second kappa shape index (κ2) is 26.4. The Morgan fingerprint density at radius 1 is 0.717 bits per heavy atom. The van der Waals surface area contributed by atoms with E-state index < -0.39 is 134 Å². The maximum atomic E-state index is 13.6. The Morgan fingerprint density at radius 3 is 1.82 bits per heavy atom. The lowest BCUT2D eigenvalue weighted by Crippen LogP contribution is -2.60. The average Bonchev–Trinajstić information content (AvgIpc) is 3.69. The summed E-state index contributed by atoms with van der Waals surface area (Å²) in [6, 6.07) is -9.69. The molecule has 7 atom stereocenters. The molecule has 1 heterocycles. The van der Waals surface area contributed by atoms with Gasteiger partial charge in [-0.25, -0.2) is 4.79 Å². The Bertz CT molecular complexity index is 1540. The Labute approximate surface area is 346 Å². The Hall–Kier alpha value is -5.66. The number of guanidine groups is 1. The summed E-state index contributed by atoms with van der Waals surface area (Å²) in [4.78, 5) is 120. The second-order valence-corrected chi connectivity index (χ2v) is 14.7. The van der Waals surface area contributed by atoms with Crippen LogP contribution in [0.3, 0.4) is 0 Å². The molecule has 0 unspecified atom stereocenters. The number of nitrogens with zero attached hydrogens (tertiary/aromatic N) is 2. The molecular formula is C35H62N12O13. The van der Waals surface area contributed by atoms with Crippen LogP contribution >= 0.6 is 0 Å². The fourth-order valence-corrected chi connectivity index (χ4v) is 5.92. The van der Waals surface area contributed by atoms with Crippen LogP contribution in [-0.4, -0.2) is 173 Å². The highest BCUT2D eigenvalue weighted by molar-refractivity contribution is 5.97. The third-order valence-electron chi connectivity index (χ3n) is 9.06. The third-order valence-corrected chi connectivity index (χ3v) is 9.06. The van der Waals surface area contributed by atoms with Crippen LogP contribution < -0.4 is 54.4 Å². The molecule has 25 heteroatoms. The molecule has 60 heavy (non-hydrogen) atoms. The van der Waals surface area contributed by atoms with Gasteiger partial charge in [0.05, 0.1) is 32.9 Å². The van der Waals surface area contributed by atoms with Crippen molar-refractivity contribution in [1.29, 1.82) is 0 Å². The predicted molar refractivity (Wildman–Crippen MR) is 211 cm³/mol. The molecule has 1 aliphatic heterocycles. The number of amides is 8. The smallest absolute Gasteiger partial charge is 0.326 e. The lowest BCUT2D eigenvalue weighted by molar-refractivity contribution is -0.143. The molecule has 1 fully saturated rings. The average molecular weight is 859 g/mol. The summed E-state index contributed by atoms with van der Waals surface area (Å²) in [7, 11) is 0. The van der Waals surface area contributed by atoms with Crippen molar-refractivity contribution in [2.45, 2.75) is 102 Å². The molecule has 340 valence electrons. The van der Waals surface area contributed by atoms with E-state index in [9.17, 15) is 63.6 Å². The molecule has 0 saturated carbocycles. The number of aliphatic imine (C=N–C) groups is 1. The zero-order valence-corrected chi connectivity index (χ0v) is 34.3. The zero-order valence-electron chi connectivity index (χ0n) is 34.3. The van der Waals surface area contributed by atoms with Crippen molar-refractivity contribution in [2.24, 2.45) is 34.0 Å². The summed E-state index contributed by atoms with van der Waals surface area (Å²) in [5.74, 6) is -9.08. The highest BCUT2D eigenvalue weighted by atomic mass is 16.4. The van der Waals surface area contributed by atoms with Gasteiger partial charge < -0.3 is 79.7 Å². The van der Waals surface area contributed by atoms with Crippen molar-refractivity contribution in [3.8, 4) is 0 Å². The van der Waals surface area contributed by atoms with E-state index in [1.54, 1.807) is 27.7 Å². The number of carboxylic acids is 1. The molecular weight excluding hydrogens is 796 g/mol. The maximum Gasteiger partial charge on any atom is 0.326 e.